The number of carbonyl (C=O) groups is 2. The van der Waals surface area contributed by atoms with Crippen LogP contribution in [0.3, 0.4) is 0 Å². The molecule has 0 aromatic heterocycles. The van der Waals surface area contributed by atoms with E-state index in [1.807, 2.05) is 0 Å². The smallest absolute Gasteiger partial charge is 0.433 e. The van der Waals surface area contributed by atoms with Crippen molar-refractivity contribution >= 4 is 12.2 Å². The molecule has 3 saturated heterocycles. The Morgan fingerprint density at radius 1 is 1.07 bits per heavy atom. The summed E-state index contributed by atoms with van der Waals surface area (Å²) >= 11 is 0. The first kappa shape index (κ1) is 21.7. The molecule has 0 radical (unpaired) electrons. The summed E-state index contributed by atoms with van der Waals surface area (Å²) in [5, 5.41) is 4.99. The van der Waals surface area contributed by atoms with Gasteiger partial charge in [-0.2, -0.15) is 0 Å². The number of urea groups is 1. The summed E-state index contributed by atoms with van der Waals surface area (Å²) < 4.78 is 4.90. The zero-order valence-electron chi connectivity index (χ0n) is 18.6. The van der Waals surface area contributed by atoms with E-state index in [4.69, 9.17) is 9.57 Å². The molecule has 4 rings (SSSR count). The van der Waals surface area contributed by atoms with Gasteiger partial charge in [0.25, 0.3) is 0 Å². The molecule has 0 aromatic carbocycles. The summed E-state index contributed by atoms with van der Waals surface area (Å²) in [6.45, 7) is 7.95. The van der Waals surface area contributed by atoms with Gasteiger partial charge in [-0.05, 0) is 51.9 Å². The first-order valence-corrected chi connectivity index (χ1v) is 12.0. The maximum Gasteiger partial charge on any atom is 0.527 e. The molecule has 0 spiro atoms. The first-order valence-electron chi connectivity index (χ1n) is 12.0. The van der Waals surface area contributed by atoms with E-state index in [0.717, 1.165) is 71.1 Å². The molecule has 0 unspecified atom stereocenters. The number of ether oxygens (including phenoxy) is 1. The average Bonchev–Trinajstić information content (AvgIpc) is 3.10. The lowest BCUT2D eigenvalue weighted by Gasteiger charge is -2.51. The highest BCUT2D eigenvalue weighted by atomic mass is 16.8. The van der Waals surface area contributed by atoms with Crippen molar-refractivity contribution in [2.24, 2.45) is 0 Å². The highest BCUT2D eigenvalue weighted by molar-refractivity contribution is 5.78. The summed E-state index contributed by atoms with van der Waals surface area (Å²) in [6.07, 6.45) is 9.35. The van der Waals surface area contributed by atoms with Gasteiger partial charge in [0.2, 0.25) is 0 Å². The van der Waals surface area contributed by atoms with Gasteiger partial charge >= 0.3 is 12.2 Å². The predicted octanol–water partition coefficient (Wildman–Crippen LogP) is 3.12. The largest absolute Gasteiger partial charge is 0.527 e. The van der Waals surface area contributed by atoms with E-state index in [1.54, 1.807) is 12.0 Å². The van der Waals surface area contributed by atoms with Gasteiger partial charge < -0.3 is 19.8 Å². The number of likely N-dealkylation sites (tertiary alicyclic amines) is 1. The molecule has 8 nitrogen and oxygen atoms in total. The van der Waals surface area contributed by atoms with E-state index >= 15 is 0 Å². The quantitative estimate of drug-likeness (QED) is 0.686. The Morgan fingerprint density at radius 3 is 2.43 bits per heavy atom. The molecule has 3 heterocycles. The van der Waals surface area contributed by atoms with Crippen molar-refractivity contribution in [3.8, 4) is 0 Å². The van der Waals surface area contributed by atoms with Crippen molar-refractivity contribution in [3.63, 3.8) is 0 Å². The van der Waals surface area contributed by atoms with Crippen LogP contribution in [0.1, 0.15) is 71.6 Å². The molecule has 170 valence electrons. The number of hydroxylamine groups is 2. The van der Waals surface area contributed by atoms with E-state index in [-0.39, 0.29) is 11.6 Å². The van der Waals surface area contributed by atoms with E-state index in [1.165, 1.54) is 12.8 Å². The van der Waals surface area contributed by atoms with Crippen LogP contribution in [-0.4, -0.2) is 83.5 Å². The van der Waals surface area contributed by atoms with Gasteiger partial charge in [-0.15, -0.1) is 5.06 Å². The number of nitrogens with zero attached hydrogens (tertiary/aromatic N) is 3. The molecule has 4 aliphatic rings. The Balaban J connectivity index is 1.31. The predicted molar refractivity (Wildman–Crippen MR) is 113 cm³/mol. The molecule has 1 saturated carbocycles. The number of amides is 2. The summed E-state index contributed by atoms with van der Waals surface area (Å²) in [7, 11) is 0. The van der Waals surface area contributed by atoms with Crippen LogP contribution in [0.4, 0.5) is 9.59 Å². The average molecular weight is 423 g/mol. The number of fused-ring (bicyclic) bond motifs is 1. The third-order valence-electron chi connectivity index (χ3n) is 7.94. The van der Waals surface area contributed by atoms with Crippen molar-refractivity contribution in [2.45, 2.75) is 95.3 Å². The molecule has 1 aliphatic carbocycles. The third-order valence-corrected chi connectivity index (χ3v) is 7.94. The molecule has 8 heteroatoms. The summed E-state index contributed by atoms with van der Waals surface area (Å²) in [4.78, 5) is 34.4. The van der Waals surface area contributed by atoms with E-state index in [0.29, 0.717) is 24.7 Å². The van der Waals surface area contributed by atoms with Gasteiger partial charge in [0.15, 0.2) is 0 Å². The normalized spacial score (nSPS) is 30.6. The van der Waals surface area contributed by atoms with Gasteiger partial charge in [-0.25, -0.2) is 9.59 Å². The molecule has 2 atom stereocenters. The lowest BCUT2D eigenvalue weighted by molar-refractivity contribution is -0.158. The maximum absolute atomic E-state index is 12.7. The second-order valence-corrected chi connectivity index (χ2v) is 9.31. The van der Waals surface area contributed by atoms with Crippen LogP contribution < -0.4 is 5.32 Å². The van der Waals surface area contributed by atoms with Crippen molar-refractivity contribution in [3.05, 3.63) is 0 Å². The van der Waals surface area contributed by atoms with Gasteiger partial charge in [-0.1, -0.05) is 19.8 Å². The maximum atomic E-state index is 12.7. The van der Waals surface area contributed by atoms with Crippen molar-refractivity contribution in [2.75, 3.05) is 32.8 Å². The van der Waals surface area contributed by atoms with Crippen LogP contribution in [0.2, 0.25) is 0 Å². The van der Waals surface area contributed by atoms with E-state index in [2.05, 4.69) is 22.0 Å². The fourth-order valence-electron chi connectivity index (χ4n) is 6.19. The van der Waals surface area contributed by atoms with Crippen LogP contribution in [0, 0.1) is 0 Å². The molecule has 1 N–H and O–H groups in total. The minimum atomic E-state index is -0.604. The highest BCUT2D eigenvalue weighted by Gasteiger charge is 2.46. The minimum Gasteiger partial charge on any atom is -0.433 e. The number of rotatable bonds is 5. The van der Waals surface area contributed by atoms with Crippen molar-refractivity contribution in [1.82, 2.24) is 20.2 Å². The Bertz CT molecular complexity index is 614. The van der Waals surface area contributed by atoms with Crippen LogP contribution in [0.25, 0.3) is 0 Å². The Morgan fingerprint density at radius 2 is 1.77 bits per heavy atom. The number of carbonyl (C=O) groups excluding carboxylic acids is 2. The Kier molecular flexibility index (Phi) is 6.72. The standard InChI is InChI=1S/C22H38N4O4/c1-3-22(11-15-25(16-12-22)30-21(28)29-4-2)24-13-9-17(10-14-24)26-19-8-6-5-7-18(19)23-20(26)27/h17-19H,3-16H2,1-2H3,(H,23,27)/t18-,19-/m0/s1. The molecule has 3 aliphatic heterocycles. The van der Waals surface area contributed by atoms with Crippen molar-refractivity contribution < 1.29 is 19.2 Å². The van der Waals surface area contributed by atoms with Crippen LogP contribution in [0.5, 0.6) is 0 Å². The monoisotopic (exact) mass is 422 g/mol. The lowest BCUT2D eigenvalue weighted by atomic mass is 9.81. The molecule has 30 heavy (non-hydrogen) atoms. The van der Waals surface area contributed by atoms with Crippen LogP contribution >= 0.6 is 0 Å². The molecular formula is C22H38N4O4. The zero-order chi connectivity index (χ0) is 21.1. The third kappa shape index (κ3) is 4.26. The van der Waals surface area contributed by atoms with Crippen molar-refractivity contribution in [1.29, 1.82) is 0 Å². The van der Waals surface area contributed by atoms with E-state index < -0.39 is 6.16 Å². The molecule has 4 fully saturated rings. The SMILES string of the molecule is CCOC(=O)ON1CCC(CC)(N2CCC(N3C(=O)N[C@H]4CCCC[C@@H]43)CC2)CC1. The summed E-state index contributed by atoms with van der Waals surface area (Å²) in [5.41, 5.74) is 0.167. The number of hydrogen-bond donors (Lipinski definition) is 1. The minimum absolute atomic E-state index is 0.167. The zero-order valence-corrected chi connectivity index (χ0v) is 18.6. The second kappa shape index (κ2) is 9.30. The van der Waals surface area contributed by atoms with Gasteiger partial charge in [0, 0.05) is 37.8 Å². The Hall–Kier alpha value is -1.54. The Labute approximate surface area is 180 Å². The van der Waals surface area contributed by atoms with Gasteiger partial charge in [0.1, 0.15) is 0 Å². The highest BCUT2D eigenvalue weighted by Crippen LogP contribution is 2.37. The number of piperidine rings is 2. The van der Waals surface area contributed by atoms with Crippen LogP contribution in [0.15, 0.2) is 0 Å². The van der Waals surface area contributed by atoms with Crippen LogP contribution in [-0.2, 0) is 9.57 Å². The van der Waals surface area contributed by atoms with E-state index in [9.17, 15) is 9.59 Å². The van der Waals surface area contributed by atoms with Gasteiger partial charge in [-0.3, -0.25) is 4.90 Å². The second-order valence-electron chi connectivity index (χ2n) is 9.31. The number of nitrogens with one attached hydrogen (secondary N) is 1. The number of hydrogen-bond acceptors (Lipinski definition) is 6. The molecule has 2 amide bonds. The topological polar surface area (TPSA) is 74.4 Å². The fourth-order valence-corrected chi connectivity index (χ4v) is 6.19. The molecule has 0 aromatic rings. The van der Waals surface area contributed by atoms with Gasteiger partial charge in [0.05, 0.1) is 18.7 Å². The first-order chi connectivity index (χ1) is 14.6. The fraction of sp³-hybridized carbons (Fsp3) is 0.909. The molecule has 0 bridgehead atoms. The molecular weight excluding hydrogens is 384 g/mol. The summed E-state index contributed by atoms with van der Waals surface area (Å²) in [6, 6.07) is 1.32. The summed E-state index contributed by atoms with van der Waals surface area (Å²) in [5.74, 6) is 0. The lowest BCUT2D eigenvalue weighted by Crippen LogP contribution is -2.59.